The van der Waals surface area contributed by atoms with Crippen LogP contribution in [0.1, 0.15) is 0 Å². The summed E-state index contributed by atoms with van der Waals surface area (Å²) < 4.78 is 3.08. The molecule has 0 unspecified atom stereocenters. The molecular weight excluding hydrogens is 238 g/mol. The fourth-order valence-corrected chi connectivity index (χ4v) is 1.20. The van der Waals surface area contributed by atoms with Gasteiger partial charge in [-0.25, -0.2) is 0 Å². The summed E-state index contributed by atoms with van der Waals surface area (Å²) in [5, 5.41) is 0. The van der Waals surface area contributed by atoms with E-state index in [2.05, 4.69) is 42.6 Å². The minimum atomic E-state index is 1.00. The fourth-order valence-electron chi connectivity index (χ4n) is 1.20. The summed E-state index contributed by atoms with van der Waals surface area (Å²) in [4.78, 5) is 6.17. The van der Waals surface area contributed by atoms with Crippen molar-refractivity contribution in [1.82, 2.24) is 14.7 Å². The molecule has 5 heteroatoms. The standard InChI is InChI=1S/C7H18N3.C4H12N.C3H9N/c1-8(2)7(9(3)4)10(5)6;1-5(2,3)4;1-4(2)3/h1-6H3;1-4H3;1-3H3/q2*+1;. The smallest absolute Gasteiger partial charge is 0.333 e. The molecular formula is C14H39N5+2. The molecule has 0 saturated heterocycles. The van der Waals surface area contributed by atoms with E-state index in [9.17, 15) is 0 Å². The second kappa shape index (κ2) is 11.1. The molecule has 0 spiro atoms. The lowest BCUT2D eigenvalue weighted by Crippen LogP contribution is -2.40. The maximum Gasteiger partial charge on any atom is 0.349 e. The molecule has 0 aromatic rings. The van der Waals surface area contributed by atoms with Crippen molar-refractivity contribution in [1.29, 1.82) is 0 Å². The predicted molar refractivity (Wildman–Crippen MR) is 88.1 cm³/mol. The van der Waals surface area contributed by atoms with Crippen molar-refractivity contribution in [2.45, 2.75) is 0 Å². The number of rotatable bonds is 0. The third-order valence-corrected chi connectivity index (χ3v) is 1.20. The summed E-state index contributed by atoms with van der Waals surface area (Å²) in [5.41, 5.74) is 0. The molecule has 0 atom stereocenters. The first-order chi connectivity index (χ1) is 8.20. The molecule has 0 saturated carbocycles. The third kappa shape index (κ3) is 31.7. The minimum Gasteiger partial charge on any atom is -0.333 e. The number of guanidine groups is 1. The van der Waals surface area contributed by atoms with Crippen molar-refractivity contribution in [3.63, 3.8) is 0 Å². The van der Waals surface area contributed by atoms with Gasteiger partial charge in [-0.05, 0) is 21.1 Å². The highest BCUT2D eigenvalue weighted by molar-refractivity contribution is 5.73. The van der Waals surface area contributed by atoms with E-state index in [1.54, 1.807) is 0 Å². The van der Waals surface area contributed by atoms with Crippen molar-refractivity contribution >= 4 is 5.96 Å². The number of hydrogen-bond donors (Lipinski definition) is 0. The van der Waals surface area contributed by atoms with Crippen LogP contribution in [0, 0.1) is 0 Å². The van der Waals surface area contributed by atoms with Crippen LogP contribution in [0.15, 0.2) is 0 Å². The van der Waals surface area contributed by atoms with Gasteiger partial charge in [-0.2, -0.15) is 0 Å². The van der Waals surface area contributed by atoms with Gasteiger partial charge in [0.05, 0.1) is 70.5 Å². The Labute approximate surface area is 122 Å². The van der Waals surface area contributed by atoms with Crippen molar-refractivity contribution in [2.24, 2.45) is 0 Å². The SMILES string of the molecule is CN(C)C.CN(C)C(N(C)C)=[N+](C)C.C[N+](C)(C)C. The van der Waals surface area contributed by atoms with Gasteiger partial charge in [0.15, 0.2) is 0 Å². The second-order valence-electron chi connectivity index (χ2n) is 7.01. The molecule has 0 aromatic carbocycles. The average Bonchev–Trinajstić information content (AvgIpc) is 1.94. The maximum atomic E-state index is 2.12. The summed E-state index contributed by atoms with van der Waals surface area (Å²) in [6.45, 7) is 0. The van der Waals surface area contributed by atoms with Crippen LogP contribution in [-0.4, -0.2) is 121 Å². The summed E-state index contributed by atoms with van der Waals surface area (Å²) in [6, 6.07) is 0. The van der Waals surface area contributed by atoms with Crippen molar-refractivity contribution in [3.8, 4) is 0 Å². The van der Waals surface area contributed by atoms with E-state index in [0.717, 1.165) is 4.48 Å². The van der Waals surface area contributed by atoms with E-state index in [1.165, 1.54) is 5.96 Å². The first kappa shape index (κ1) is 23.3. The van der Waals surface area contributed by atoms with Crippen molar-refractivity contribution in [2.75, 3.05) is 91.6 Å². The molecule has 0 amide bonds. The fraction of sp³-hybridized carbons (Fsp3) is 0.929. The third-order valence-electron chi connectivity index (χ3n) is 1.20. The van der Waals surface area contributed by atoms with Crippen LogP contribution < -0.4 is 0 Å². The van der Waals surface area contributed by atoms with Gasteiger partial charge in [-0.1, -0.05) is 0 Å². The lowest BCUT2D eigenvalue weighted by Gasteiger charge is -2.16. The highest BCUT2D eigenvalue weighted by atomic mass is 15.4. The van der Waals surface area contributed by atoms with E-state index < -0.39 is 0 Å². The van der Waals surface area contributed by atoms with Crippen LogP contribution in [0.4, 0.5) is 0 Å². The van der Waals surface area contributed by atoms with Crippen molar-refractivity contribution in [3.05, 3.63) is 0 Å². The van der Waals surface area contributed by atoms with E-state index >= 15 is 0 Å². The first-order valence-electron chi connectivity index (χ1n) is 6.48. The van der Waals surface area contributed by atoms with Gasteiger partial charge >= 0.3 is 5.96 Å². The maximum absolute atomic E-state index is 2.12. The Morgan fingerprint density at radius 2 is 0.842 bits per heavy atom. The van der Waals surface area contributed by atoms with Crippen LogP contribution >= 0.6 is 0 Å². The lowest BCUT2D eigenvalue weighted by molar-refractivity contribution is -0.849. The van der Waals surface area contributed by atoms with E-state index in [0.29, 0.717) is 0 Å². The molecule has 5 nitrogen and oxygen atoms in total. The Kier molecular flexibility index (Phi) is 13.6. The van der Waals surface area contributed by atoms with E-state index in [-0.39, 0.29) is 0 Å². The molecule has 0 heterocycles. The summed E-state index contributed by atoms with van der Waals surface area (Å²) in [5.74, 6) is 1.19. The first-order valence-corrected chi connectivity index (χ1v) is 6.48. The Hall–Kier alpha value is -0.810. The average molecular weight is 278 g/mol. The number of quaternary nitrogens is 1. The van der Waals surface area contributed by atoms with Crippen LogP contribution in [0.25, 0.3) is 0 Å². The van der Waals surface area contributed by atoms with E-state index in [4.69, 9.17) is 0 Å². The Bertz CT molecular complexity index is 214. The summed E-state index contributed by atoms with van der Waals surface area (Å²) in [6.07, 6.45) is 0. The Balaban J connectivity index is -0.000000238. The Morgan fingerprint density at radius 1 is 0.684 bits per heavy atom. The molecule has 0 N–H and O–H groups in total. The molecule has 0 radical (unpaired) electrons. The summed E-state index contributed by atoms with van der Waals surface area (Å²) in [7, 11) is 26.7. The molecule has 0 aliphatic heterocycles. The molecule has 0 aliphatic carbocycles. The minimum absolute atomic E-state index is 1.00. The predicted octanol–water partition coefficient (Wildman–Crippen LogP) is 0.238. The number of hydrogen-bond acceptors (Lipinski definition) is 1. The molecule has 19 heavy (non-hydrogen) atoms. The summed E-state index contributed by atoms with van der Waals surface area (Å²) >= 11 is 0. The molecule has 0 aliphatic rings. The zero-order valence-electron chi connectivity index (χ0n) is 15.7. The van der Waals surface area contributed by atoms with E-state index in [1.807, 2.05) is 68.3 Å². The van der Waals surface area contributed by atoms with Crippen LogP contribution in [-0.2, 0) is 0 Å². The topological polar surface area (TPSA) is 12.7 Å². The van der Waals surface area contributed by atoms with Crippen LogP contribution in [0.3, 0.4) is 0 Å². The van der Waals surface area contributed by atoms with Gasteiger partial charge in [0, 0.05) is 0 Å². The van der Waals surface area contributed by atoms with Gasteiger partial charge in [-0.3, -0.25) is 14.4 Å². The molecule has 0 rings (SSSR count). The molecule has 0 fully saturated rings. The largest absolute Gasteiger partial charge is 0.349 e. The monoisotopic (exact) mass is 277 g/mol. The van der Waals surface area contributed by atoms with Gasteiger partial charge in [0.1, 0.15) is 0 Å². The molecule has 0 bridgehead atoms. The van der Waals surface area contributed by atoms with Gasteiger partial charge in [0.25, 0.3) is 0 Å². The second-order valence-corrected chi connectivity index (χ2v) is 7.01. The molecule has 0 aromatic heterocycles. The highest BCUT2D eigenvalue weighted by Gasteiger charge is 2.12. The zero-order chi connectivity index (χ0) is 16.4. The van der Waals surface area contributed by atoms with Crippen LogP contribution in [0.2, 0.25) is 0 Å². The zero-order valence-corrected chi connectivity index (χ0v) is 15.7. The molecule has 118 valence electrons. The van der Waals surface area contributed by atoms with Gasteiger partial charge < -0.3 is 9.38 Å². The van der Waals surface area contributed by atoms with Gasteiger partial charge in [-0.15, -0.1) is 0 Å². The quantitative estimate of drug-likeness (QED) is 0.272. The lowest BCUT2D eigenvalue weighted by atomic mass is 10.7. The number of nitrogens with zero attached hydrogens (tertiary/aromatic N) is 5. The van der Waals surface area contributed by atoms with Crippen molar-refractivity contribution < 1.29 is 9.06 Å². The van der Waals surface area contributed by atoms with Crippen LogP contribution in [0.5, 0.6) is 0 Å². The van der Waals surface area contributed by atoms with Gasteiger partial charge in [0.2, 0.25) is 0 Å². The Morgan fingerprint density at radius 3 is 0.842 bits per heavy atom. The highest BCUT2D eigenvalue weighted by Crippen LogP contribution is 1.84. The normalized spacial score (nSPS) is 9.79.